The Balaban J connectivity index is 2.12. The Morgan fingerprint density at radius 3 is 2.50 bits per heavy atom. The van der Waals surface area contributed by atoms with Crippen LogP contribution < -0.4 is 0 Å². The molecule has 0 bridgehead atoms. The third-order valence-electron chi connectivity index (χ3n) is 3.04. The van der Waals surface area contributed by atoms with Gasteiger partial charge in [0.15, 0.2) is 5.78 Å². The number of carboxylic acids is 1. The molecule has 3 nitrogen and oxygen atoms in total. The first-order valence-corrected chi connectivity index (χ1v) is 6.83. The van der Waals surface area contributed by atoms with E-state index in [1.807, 2.05) is 36.4 Å². The fourth-order valence-corrected chi connectivity index (χ4v) is 3.21. The van der Waals surface area contributed by atoms with Crippen LogP contribution in [0.25, 0.3) is 20.2 Å². The van der Waals surface area contributed by atoms with Gasteiger partial charge in [-0.3, -0.25) is 4.79 Å². The summed E-state index contributed by atoms with van der Waals surface area (Å²) in [5, 5.41) is 10.7. The third kappa shape index (κ3) is 2.21. The van der Waals surface area contributed by atoms with Gasteiger partial charge < -0.3 is 5.11 Å². The van der Waals surface area contributed by atoms with Gasteiger partial charge in [-0.1, -0.05) is 18.2 Å². The molecule has 3 rings (SSSR count). The summed E-state index contributed by atoms with van der Waals surface area (Å²) in [5.74, 6) is -1.43. The van der Waals surface area contributed by atoms with Crippen molar-refractivity contribution in [3.05, 3.63) is 60.2 Å². The van der Waals surface area contributed by atoms with Gasteiger partial charge in [-0.15, -0.1) is 11.3 Å². The summed E-state index contributed by atoms with van der Waals surface area (Å²) in [6.07, 6.45) is 1.94. The van der Waals surface area contributed by atoms with Gasteiger partial charge in [0, 0.05) is 31.8 Å². The fraction of sp³-hybridized carbons (Fsp3) is 0. The summed E-state index contributed by atoms with van der Waals surface area (Å²) < 4.78 is 2.29. The van der Waals surface area contributed by atoms with E-state index >= 15 is 0 Å². The third-order valence-corrected chi connectivity index (χ3v) is 4.19. The molecule has 1 aromatic heterocycles. The van der Waals surface area contributed by atoms with E-state index in [9.17, 15) is 9.59 Å². The SMILES string of the molecule is O=C(O)C=CC(=O)c1ccc2sc3ccccc3c2c1. The molecule has 2 aromatic carbocycles. The zero-order valence-corrected chi connectivity index (χ0v) is 11.2. The second-order valence-corrected chi connectivity index (χ2v) is 5.43. The number of thiophene rings is 1. The Morgan fingerprint density at radius 1 is 0.950 bits per heavy atom. The number of carbonyl (C=O) groups excluding carboxylic acids is 1. The number of aliphatic carboxylic acids is 1. The van der Waals surface area contributed by atoms with Crippen LogP contribution in [0.4, 0.5) is 0 Å². The van der Waals surface area contributed by atoms with Crippen molar-refractivity contribution in [3.8, 4) is 0 Å². The van der Waals surface area contributed by atoms with Crippen molar-refractivity contribution in [2.24, 2.45) is 0 Å². The maximum Gasteiger partial charge on any atom is 0.328 e. The van der Waals surface area contributed by atoms with E-state index < -0.39 is 5.97 Å². The summed E-state index contributed by atoms with van der Waals surface area (Å²) in [6.45, 7) is 0. The predicted molar refractivity (Wildman–Crippen MR) is 80.4 cm³/mol. The van der Waals surface area contributed by atoms with E-state index in [0.29, 0.717) is 5.56 Å². The molecule has 1 heterocycles. The monoisotopic (exact) mass is 282 g/mol. The Hall–Kier alpha value is -2.46. The van der Waals surface area contributed by atoms with Crippen molar-refractivity contribution >= 4 is 43.3 Å². The molecule has 0 radical (unpaired) electrons. The van der Waals surface area contributed by atoms with E-state index in [0.717, 1.165) is 27.6 Å². The summed E-state index contributed by atoms with van der Waals surface area (Å²) in [6, 6.07) is 13.5. The van der Waals surface area contributed by atoms with Crippen LogP contribution in [0.3, 0.4) is 0 Å². The molecule has 1 N–H and O–H groups in total. The first-order chi connectivity index (χ1) is 9.65. The van der Waals surface area contributed by atoms with E-state index in [4.69, 9.17) is 5.11 Å². The second-order valence-electron chi connectivity index (χ2n) is 4.34. The largest absolute Gasteiger partial charge is 0.478 e. The number of ketones is 1. The first-order valence-electron chi connectivity index (χ1n) is 6.02. The molecule has 0 aliphatic rings. The number of carboxylic acid groups (broad SMARTS) is 1. The predicted octanol–water partition coefficient (Wildman–Crippen LogP) is 3.88. The van der Waals surface area contributed by atoms with Gasteiger partial charge in [0.05, 0.1) is 0 Å². The van der Waals surface area contributed by atoms with Gasteiger partial charge in [-0.05, 0) is 30.3 Å². The van der Waals surface area contributed by atoms with Crippen LogP contribution in [-0.4, -0.2) is 16.9 Å². The lowest BCUT2D eigenvalue weighted by molar-refractivity contribution is -0.131. The molecule has 0 unspecified atom stereocenters. The molecule has 0 aliphatic heterocycles. The maximum atomic E-state index is 11.9. The van der Waals surface area contributed by atoms with E-state index in [1.165, 1.54) is 4.70 Å². The summed E-state index contributed by atoms with van der Waals surface area (Å²) in [7, 11) is 0. The van der Waals surface area contributed by atoms with Gasteiger partial charge in [0.2, 0.25) is 0 Å². The van der Waals surface area contributed by atoms with Crippen LogP contribution in [0.15, 0.2) is 54.6 Å². The standard InChI is InChI=1S/C16H10O3S/c17-13(6-8-16(18)19)10-5-7-15-12(9-10)11-3-1-2-4-14(11)20-15/h1-9H,(H,18,19). The number of fused-ring (bicyclic) bond motifs is 3. The van der Waals surface area contributed by atoms with E-state index in [2.05, 4.69) is 0 Å². The molecule has 0 atom stereocenters. The highest BCUT2D eigenvalue weighted by molar-refractivity contribution is 7.25. The molecule has 3 aromatic rings. The Kier molecular flexibility index (Phi) is 3.08. The van der Waals surface area contributed by atoms with Crippen molar-refractivity contribution in [1.29, 1.82) is 0 Å². The molecular formula is C16H10O3S. The van der Waals surface area contributed by atoms with Crippen LogP contribution in [0, 0.1) is 0 Å². The molecule has 98 valence electrons. The fourth-order valence-electron chi connectivity index (χ4n) is 2.12. The minimum absolute atomic E-state index is 0.301. The highest BCUT2D eigenvalue weighted by Gasteiger charge is 2.08. The molecule has 0 spiro atoms. The van der Waals surface area contributed by atoms with Crippen LogP contribution in [0.1, 0.15) is 10.4 Å². The van der Waals surface area contributed by atoms with Crippen molar-refractivity contribution in [2.45, 2.75) is 0 Å². The van der Waals surface area contributed by atoms with Crippen LogP contribution in [0.5, 0.6) is 0 Å². The average molecular weight is 282 g/mol. The highest BCUT2D eigenvalue weighted by Crippen LogP contribution is 2.34. The number of benzene rings is 2. The lowest BCUT2D eigenvalue weighted by atomic mass is 10.1. The number of carbonyl (C=O) groups is 2. The summed E-state index contributed by atoms with van der Waals surface area (Å²) in [5.41, 5.74) is 0.499. The maximum absolute atomic E-state index is 11.9. The zero-order valence-electron chi connectivity index (χ0n) is 10.4. The minimum atomic E-state index is -1.12. The molecular weight excluding hydrogens is 272 g/mol. The van der Waals surface area contributed by atoms with Gasteiger partial charge in [0.25, 0.3) is 0 Å². The number of allylic oxidation sites excluding steroid dienone is 1. The number of hydrogen-bond acceptors (Lipinski definition) is 3. The van der Waals surface area contributed by atoms with Crippen LogP contribution in [0.2, 0.25) is 0 Å². The lowest BCUT2D eigenvalue weighted by Gasteiger charge is -1.97. The van der Waals surface area contributed by atoms with Gasteiger partial charge in [0.1, 0.15) is 0 Å². The zero-order chi connectivity index (χ0) is 14.1. The minimum Gasteiger partial charge on any atom is -0.478 e. The average Bonchev–Trinajstić information content (AvgIpc) is 2.82. The quantitative estimate of drug-likeness (QED) is 0.586. The van der Waals surface area contributed by atoms with Gasteiger partial charge >= 0.3 is 5.97 Å². The van der Waals surface area contributed by atoms with Crippen molar-refractivity contribution < 1.29 is 14.7 Å². The van der Waals surface area contributed by atoms with Gasteiger partial charge in [-0.25, -0.2) is 4.79 Å². The Labute approximate surface area is 118 Å². The molecule has 0 fully saturated rings. The van der Waals surface area contributed by atoms with Gasteiger partial charge in [-0.2, -0.15) is 0 Å². The Morgan fingerprint density at radius 2 is 1.70 bits per heavy atom. The molecule has 4 heteroatoms. The second kappa shape index (κ2) is 4.90. The molecule has 0 aliphatic carbocycles. The first kappa shape index (κ1) is 12.6. The van der Waals surface area contributed by atoms with Crippen molar-refractivity contribution in [1.82, 2.24) is 0 Å². The molecule has 20 heavy (non-hydrogen) atoms. The van der Waals surface area contributed by atoms with Crippen LogP contribution in [-0.2, 0) is 4.79 Å². The van der Waals surface area contributed by atoms with Crippen molar-refractivity contribution in [3.63, 3.8) is 0 Å². The Bertz CT molecular complexity index is 858. The van der Waals surface area contributed by atoms with E-state index in [1.54, 1.807) is 17.4 Å². The molecule has 0 amide bonds. The normalized spacial score (nSPS) is 11.4. The summed E-state index contributed by atoms with van der Waals surface area (Å²) >= 11 is 1.68. The molecule has 0 saturated carbocycles. The van der Waals surface area contributed by atoms with E-state index in [-0.39, 0.29) is 5.78 Å². The topological polar surface area (TPSA) is 54.4 Å². The van der Waals surface area contributed by atoms with Crippen LogP contribution >= 0.6 is 11.3 Å². The molecule has 0 saturated heterocycles. The smallest absolute Gasteiger partial charge is 0.328 e. The van der Waals surface area contributed by atoms with Crippen molar-refractivity contribution in [2.75, 3.05) is 0 Å². The number of rotatable bonds is 3. The highest BCUT2D eigenvalue weighted by atomic mass is 32.1. The summed E-state index contributed by atoms with van der Waals surface area (Å²) in [4.78, 5) is 22.3. The lowest BCUT2D eigenvalue weighted by Crippen LogP contribution is -1.96. The number of hydrogen-bond donors (Lipinski definition) is 1.